The van der Waals surface area contributed by atoms with Gasteiger partial charge in [-0.25, -0.2) is 4.79 Å². The van der Waals surface area contributed by atoms with E-state index in [0.29, 0.717) is 17.0 Å². The average Bonchev–Trinajstić information content (AvgIpc) is 2.44. The molecule has 12 heavy (non-hydrogen) atoms. The summed E-state index contributed by atoms with van der Waals surface area (Å²) in [5, 5.41) is 0. The Morgan fingerprint density at radius 2 is 2.33 bits per heavy atom. The van der Waals surface area contributed by atoms with E-state index in [1.54, 1.807) is 12.1 Å². The molecule has 0 bridgehead atoms. The number of para-hydroxylation sites is 1. The van der Waals surface area contributed by atoms with Gasteiger partial charge in [-0.05, 0) is 11.6 Å². The van der Waals surface area contributed by atoms with Gasteiger partial charge in [0.1, 0.15) is 0 Å². The predicted octanol–water partition coefficient (Wildman–Crippen LogP) is 1.86. The summed E-state index contributed by atoms with van der Waals surface area (Å²) in [5.74, 6) is -0.0742. The Morgan fingerprint density at radius 1 is 1.50 bits per heavy atom. The summed E-state index contributed by atoms with van der Waals surface area (Å²) in [5.41, 5.74) is 2.12. The van der Waals surface area contributed by atoms with Crippen molar-refractivity contribution in [2.75, 3.05) is 0 Å². The Kier molecular flexibility index (Phi) is 1.66. The number of hydrogen-bond donors (Lipinski definition) is 1. The van der Waals surface area contributed by atoms with Crippen molar-refractivity contribution in [3.8, 4) is 0 Å². The van der Waals surface area contributed by atoms with Crippen LogP contribution in [0.4, 0.5) is 0 Å². The smallest absolute Gasteiger partial charge is 0.408 e. The molecule has 1 aromatic heterocycles. The molecule has 2 rings (SSSR count). The lowest BCUT2D eigenvalue weighted by atomic mass is 10.2. The molecule has 1 heterocycles. The van der Waals surface area contributed by atoms with Crippen molar-refractivity contribution in [1.82, 2.24) is 4.98 Å². The second kappa shape index (κ2) is 2.68. The molecular formula is C8H6ClNO2. The summed E-state index contributed by atoms with van der Waals surface area (Å²) in [6.07, 6.45) is 0. The molecule has 0 unspecified atom stereocenters. The van der Waals surface area contributed by atoms with Gasteiger partial charge >= 0.3 is 5.76 Å². The maximum Gasteiger partial charge on any atom is 0.417 e. The topological polar surface area (TPSA) is 46.0 Å². The lowest BCUT2D eigenvalue weighted by Crippen LogP contribution is -1.93. The molecule has 0 spiro atoms. The Hall–Kier alpha value is -1.22. The van der Waals surface area contributed by atoms with Crippen molar-refractivity contribution >= 4 is 22.7 Å². The molecule has 0 aliphatic heterocycles. The van der Waals surface area contributed by atoms with Gasteiger partial charge in [-0.2, -0.15) is 0 Å². The Morgan fingerprint density at radius 3 is 3.08 bits per heavy atom. The highest BCUT2D eigenvalue weighted by Gasteiger charge is 2.03. The first-order valence-electron chi connectivity index (χ1n) is 3.48. The van der Waals surface area contributed by atoms with Crippen LogP contribution in [0.2, 0.25) is 0 Å². The van der Waals surface area contributed by atoms with Gasteiger partial charge < -0.3 is 4.42 Å². The number of aromatic nitrogens is 1. The highest BCUT2D eigenvalue weighted by atomic mass is 35.5. The molecular weight excluding hydrogens is 178 g/mol. The number of aromatic amines is 1. The molecule has 3 nitrogen and oxygen atoms in total. The summed E-state index contributed by atoms with van der Waals surface area (Å²) < 4.78 is 4.84. The third kappa shape index (κ3) is 1.02. The van der Waals surface area contributed by atoms with Crippen LogP contribution in [0.3, 0.4) is 0 Å². The minimum absolute atomic E-state index is 0.368. The molecule has 0 saturated heterocycles. The number of rotatable bonds is 1. The van der Waals surface area contributed by atoms with E-state index in [1.165, 1.54) is 0 Å². The van der Waals surface area contributed by atoms with Gasteiger partial charge in [0.25, 0.3) is 0 Å². The van der Waals surface area contributed by atoms with Crippen LogP contribution >= 0.6 is 11.6 Å². The van der Waals surface area contributed by atoms with Crippen molar-refractivity contribution < 1.29 is 4.42 Å². The Labute approximate surface area is 73.0 Å². The standard InChI is InChI=1S/C8H6ClNO2/c9-4-5-2-1-3-6-7(5)10-8(11)12-6/h1-3H,4H2,(H,10,11). The van der Waals surface area contributed by atoms with Crippen molar-refractivity contribution in [1.29, 1.82) is 0 Å². The quantitative estimate of drug-likeness (QED) is 0.686. The third-order valence-electron chi connectivity index (χ3n) is 1.69. The van der Waals surface area contributed by atoms with Gasteiger partial charge in [-0.15, -0.1) is 11.6 Å². The lowest BCUT2D eigenvalue weighted by Gasteiger charge is -1.93. The van der Waals surface area contributed by atoms with Crippen LogP contribution in [0, 0.1) is 0 Å². The fourth-order valence-corrected chi connectivity index (χ4v) is 1.37. The van der Waals surface area contributed by atoms with Crippen molar-refractivity contribution in [2.45, 2.75) is 5.88 Å². The number of alkyl halides is 1. The van der Waals surface area contributed by atoms with E-state index < -0.39 is 5.76 Å². The minimum atomic E-state index is -0.442. The molecule has 0 aliphatic carbocycles. The van der Waals surface area contributed by atoms with Gasteiger partial charge in [-0.3, -0.25) is 4.98 Å². The summed E-state index contributed by atoms with van der Waals surface area (Å²) in [7, 11) is 0. The van der Waals surface area contributed by atoms with E-state index in [1.807, 2.05) is 6.07 Å². The van der Waals surface area contributed by atoms with Gasteiger partial charge in [-0.1, -0.05) is 12.1 Å². The average molecular weight is 184 g/mol. The molecule has 2 aromatic rings. The van der Waals surface area contributed by atoms with E-state index in [2.05, 4.69) is 4.98 Å². The molecule has 0 radical (unpaired) electrons. The zero-order valence-corrected chi connectivity index (χ0v) is 6.89. The number of halogens is 1. The molecule has 4 heteroatoms. The molecule has 0 fully saturated rings. The SMILES string of the molecule is O=c1[nH]c2c(CCl)cccc2o1. The van der Waals surface area contributed by atoms with Crippen LogP contribution in [0.15, 0.2) is 27.4 Å². The number of benzene rings is 1. The van der Waals surface area contributed by atoms with E-state index in [4.69, 9.17) is 16.0 Å². The van der Waals surface area contributed by atoms with Crippen LogP contribution < -0.4 is 5.76 Å². The normalized spacial score (nSPS) is 10.8. The van der Waals surface area contributed by atoms with Crippen molar-refractivity contribution in [3.05, 3.63) is 34.3 Å². The summed E-state index contributed by atoms with van der Waals surface area (Å²) >= 11 is 5.65. The van der Waals surface area contributed by atoms with Crippen molar-refractivity contribution in [2.24, 2.45) is 0 Å². The second-order valence-electron chi connectivity index (χ2n) is 2.44. The first-order chi connectivity index (χ1) is 5.81. The van der Waals surface area contributed by atoms with Crippen LogP contribution in [-0.2, 0) is 5.88 Å². The van der Waals surface area contributed by atoms with E-state index >= 15 is 0 Å². The van der Waals surface area contributed by atoms with Gasteiger partial charge in [0, 0.05) is 5.88 Å². The first kappa shape index (κ1) is 7.43. The van der Waals surface area contributed by atoms with Gasteiger partial charge in [0.2, 0.25) is 0 Å². The lowest BCUT2D eigenvalue weighted by molar-refractivity contribution is 0.555. The summed E-state index contributed by atoms with van der Waals surface area (Å²) in [4.78, 5) is 13.4. The highest BCUT2D eigenvalue weighted by Crippen LogP contribution is 2.16. The Bertz CT molecular complexity index is 457. The zero-order valence-electron chi connectivity index (χ0n) is 6.13. The molecule has 1 aromatic carbocycles. The number of hydrogen-bond acceptors (Lipinski definition) is 2. The van der Waals surface area contributed by atoms with Crippen LogP contribution in [-0.4, -0.2) is 4.98 Å². The van der Waals surface area contributed by atoms with Crippen molar-refractivity contribution in [3.63, 3.8) is 0 Å². The molecule has 62 valence electrons. The maximum absolute atomic E-state index is 10.8. The van der Waals surface area contributed by atoms with Crippen LogP contribution in [0.5, 0.6) is 0 Å². The number of fused-ring (bicyclic) bond motifs is 1. The molecule has 0 saturated carbocycles. The summed E-state index contributed by atoms with van der Waals surface area (Å²) in [6, 6.07) is 5.38. The number of oxazole rings is 1. The second-order valence-corrected chi connectivity index (χ2v) is 2.71. The fourth-order valence-electron chi connectivity index (χ4n) is 1.14. The van der Waals surface area contributed by atoms with E-state index in [9.17, 15) is 4.79 Å². The molecule has 0 atom stereocenters. The van der Waals surface area contributed by atoms with Crippen LogP contribution in [0.1, 0.15) is 5.56 Å². The molecule has 0 amide bonds. The first-order valence-corrected chi connectivity index (χ1v) is 4.01. The predicted molar refractivity (Wildman–Crippen MR) is 46.4 cm³/mol. The van der Waals surface area contributed by atoms with Gasteiger partial charge in [0.15, 0.2) is 5.58 Å². The minimum Gasteiger partial charge on any atom is -0.408 e. The Balaban J connectivity index is 2.87. The molecule has 1 N–H and O–H groups in total. The van der Waals surface area contributed by atoms with Crippen LogP contribution in [0.25, 0.3) is 11.1 Å². The van der Waals surface area contributed by atoms with E-state index in [-0.39, 0.29) is 0 Å². The van der Waals surface area contributed by atoms with E-state index in [0.717, 1.165) is 5.56 Å². The summed E-state index contributed by atoms with van der Waals surface area (Å²) in [6.45, 7) is 0. The number of H-pyrrole nitrogens is 1. The molecule has 0 aliphatic rings. The van der Waals surface area contributed by atoms with Gasteiger partial charge in [0.05, 0.1) is 5.52 Å². The fraction of sp³-hybridized carbons (Fsp3) is 0.125. The number of nitrogens with one attached hydrogen (secondary N) is 1. The highest BCUT2D eigenvalue weighted by molar-refractivity contribution is 6.17. The zero-order chi connectivity index (χ0) is 8.55. The third-order valence-corrected chi connectivity index (χ3v) is 1.97. The maximum atomic E-state index is 10.8. The monoisotopic (exact) mass is 183 g/mol. The largest absolute Gasteiger partial charge is 0.417 e.